The van der Waals surface area contributed by atoms with Gasteiger partial charge in [0.2, 0.25) is 0 Å². The third-order valence-corrected chi connectivity index (χ3v) is 2.45. The molecule has 0 spiro atoms. The zero-order chi connectivity index (χ0) is 12.3. The first-order valence-electron chi connectivity index (χ1n) is 5.20. The second-order valence-electron chi connectivity index (χ2n) is 5.09. The van der Waals surface area contributed by atoms with Gasteiger partial charge in [-0.2, -0.15) is 0 Å². The average molecular weight is 214 g/mol. The molecular formula is C12H22O3. The second kappa shape index (κ2) is 4.79. The number of carbonyl (C=O) groups excluding carboxylic acids is 1. The van der Waals surface area contributed by atoms with Gasteiger partial charge in [-0.05, 0) is 33.6 Å². The third-order valence-electron chi connectivity index (χ3n) is 2.45. The Labute approximate surface area is 92.1 Å². The van der Waals surface area contributed by atoms with Crippen molar-refractivity contribution < 1.29 is 14.6 Å². The predicted molar refractivity (Wildman–Crippen MR) is 60.4 cm³/mol. The molecule has 0 aromatic heterocycles. The summed E-state index contributed by atoms with van der Waals surface area (Å²) in [6.45, 7) is 10.6. The van der Waals surface area contributed by atoms with Gasteiger partial charge in [-0.25, -0.2) is 4.79 Å². The van der Waals surface area contributed by atoms with Crippen LogP contribution < -0.4 is 0 Å². The molecular weight excluding hydrogens is 192 g/mol. The number of carbonyl (C=O) groups is 1. The van der Waals surface area contributed by atoms with Gasteiger partial charge in [-0.15, -0.1) is 0 Å². The first kappa shape index (κ1) is 14.2. The van der Waals surface area contributed by atoms with Crippen LogP contribution in [0.1, 0.15) is 41.5 Å². The highest BCUT2D eigenvalue weighted by Crippen LogP contribution is 2.25. The van der Waals surface area contributed by atoms with E-state index >= 15 is 0 Å². The Bertz CT molecular complexity index is 244. The van der Waals surface area contributed by atoms with Crippen LogP contribution in [0.25, 0.3) is 0 Å². The lowest BCUT2D eigenvalue weighted by atomic mass is 9.89. The smallest absolute Gasteiger partial charge is 0.331 e. The van der Waals surface area contributed by atoms with Crippen molar-refractivity contribution in [3.8, 4) is 0 Å². The molecule has 0 aliphatic rings. The van der Waals surface area contributed by atoms with Gasteiger partial charge < -0.3 is 9.84 Å². The number of aliphatic hydroxyl groups is 1. The molecule has 0 unspecified atom stereocenters. The van der Waals surface area contributed by atoms with Gasteiger partial charge >= 0.3 is 5.97 Å². The molecule has 3 nitrogen and oxygen atoms in total. The van der Waals surface area contributed by atoms with E-state index in [4.69, 9.17) is 4.74 Å². The van der Waals surface area contributed by atoms with Crippen molar-refractivity contribution in [3.63, 3.8) is 0 Å². The van der Waals surface area contributed by atoms with Crippen LogP contribution in [0.4, 0.5) is 0 Å². The molecule has 0 aromatic rings. The minimum absolute atomic E-state index is 0.308. The van der Waals surface area contributed by atoms with Crippen LogP contribution in [0, 0.1) is 5.92 Å². The third kappa shape index (κ3) is 4.98. The van der Waals surface area contributed by atoms with E-state index in [0.29, 0.717) is 5.92 Å². The summed E-state index contributed by atoms with van der Waals surface area (Å²) in [5.74, 6) is -0.112. The van der Waals surface area contributed by atoms with Crippen LogP contribution >= 0.6 is 0 Å². The molecule has 0 aliphatic heterocycles. The van der Waals surface area contributed by atoms with Crippen LogP contribution in [-0.2, 0) is 9.53 Å². The molecule has 0 fully saturated rings. The van der Waals surface area contributed by atoms with Crippen molar-refractivity contribution in [2.75, 3.05) is 0 Å². The molecule has 88 valence electrons. The highest BCUT2D eigenvalue weighted by atomic mass is 16.6. The summed E-state index contributed by atoms with van der Waals surface area (Å²) < 4.78 is 5.18. The number of esters is 1. The van der Waals surface area contributed by atoms with E-state index < -0.39 is 17.2 Å². The maximum Gasteiger partial charge on any atom is 0.331 e. The quantitative estimate of drug-likeness (QED) is 0.577. The molecule has 0 heterocycles. The van der Waals surface area contributed by atoms with Gasteiger partial charge in [-0.1, -0.05) is 19.9 Å². The Balaban J connectivity index is 4.42. The number of allylic oxidation sites excluding steroid dienone is 1. The fourth-order valence-corrected chi connectivity index (χ4v) is 0.681. The lowest BCUT2D eigenvalue weighted by molar-refractivity contribution is -0.175. The van der Waals surface area contributed by atoms with Gasteiger partial charge in [0.15, 0.2) is 0 Å². The standard InChI is InChI=1S/C12H22O3/c1-9(2)7-8-10(13)15-12(5,6)11(3,4)14/h7-9,14H,1-6H3/b8-7+. The number of rotatable bonds is 4. The van der Waals surface area contributed by atoms with E-state index in [1.165, 1.54) is 6.08 Å². The van der Waals surface area contributed by atoms with Crippen LogP contribution in [0.5, 0.6) is 0 Å². The fourth-order valence-electron chi connectivity index (χ4n) is 0.681. The summed E-state index contributed by atoms with van der Waals surface area (Å²) in [6.07, 6.45) is 3.17. The molecule has 0 atom stereocenters. The summed E-state index contributed by atoms with van der Waals surface area (Å²) in [4.78, 5) is 11.4. The van der Waals surface area contributed by atoms with Crippen molar-refractivity contribution in [3.05, 3.63) is 12.2 Å². The van der Waals surface area contributed by atoms with E-state index in [2.05, 4.69) is 0 Å². The summed E-state index contributed by atoms with van der Waals surface area (Å²) in [6, 6.07) is 0. The Morgan fingerprint density at radius 3 is 2.07 bits per heavy atom. The highest BCUT2D eigenvalue weighted by Gasteiger charge is 2.38. The van der Waals surface area contributed by atoms with Gasteiger partial charge in [0, 0.05) is 6.08 Å². The van der Waals surface area contributed by atoms with E-state index in [1.54, 1.807) is 33.8 Å². The first-order valence-corrected chi connectivity index (χ1v) is 5.20. The summed E-state index contributed by atoms with van der Waals surface area (Å²) in [5, 5.41) is 9.77. The van der Waals surface area contributed by atoms with Gasteiger partial charge in [0.25, 0.3) is 0 Å². The SMILES string of the molecule is CC(C)/C=C/C(=O)OC(C)(C)C(C)(C)O. The minimum Gasteiger partial charge on any atom is -0.453 e. The van der Waals surface area contributed by atoms with Crippen LogP contribution in [-0.4, -0.2) is 22.3 Å². The number of hydrogen-bond acceptors (Lipinski definition) is 3. The lowest BCUT2D eigenvalue weighted by Crippen LogP contribution is -2.48. The largest absolute Gasteiger partial charge is 0.453 e. The molecule has 3 heteroatoms. The molecule has 0 saturated carbocycles. The monoisotopic (exact) mass is 214 g/mol. The molecule has 15 heavy (non-hydrogen) atoms. The van der Waals surface area contributed by atoms with Crippen LogP contribution in [0.15, 0.2) is 12.2 Å². The average Bonchev–Trinajstić information content (AvgIpc) is 1.97. The molecule has 0 radical (unpaired) electrons. The minimum atomic E-state index is -1.06. The fraction of sp³-hybridized carbons (Fsp3) is 0.750. The molecule has 0 rings (SSSR count). The molecule has 0 saturated heterocycles. The first-order chi connectivity index (χ1) is 6.56. The molecule has 1 N–H and O–H groups in total. The number of hydrogen-bond donors (Lipinski definition) is 1. The van der Waals surface area contributed by atoms with Gasteiger partial charge in [0.05, 0.1) is 5.60 Å². The maximum atomic E-state index is 11.4. The van der Waals surface area contributed by atoms with Crippen molar-refractivity contribution in [1.29, 1.82) is 0 Å². The predicted octanol–water partition coefficient (Wildman–Crippen LogP) is 2.29. The van der Waals surface area contributed by atoms with Crippen molar-refractivity contribution in [1.82, 2.24) is 0 Å². The Kier molecular flexibility index (Phi) is 4.53. The Morgan fingerprint density at radius 1 is 1.27 bits per heavy atom. The van der Waals surface area contributed by atoms with E-state index in [9.17, 15) is 9.90 Å². The zero-order valence-electron chi connectivity index (χ0n) is 10.5. The maximum absolute atomic E-state index is 11.4. The van der Waals surface area contributed by atoms with Crippen LogP contribution in [0.2, 0.25) is 0 Å². The van der Waals surface area contributed by atoms with Crippen molar-refractivity contribution in [2.24, 2.45) is 5.92 Å². The summed E-state index contributed by atoms with van der Waals surface area (Å²) >= 11 is 0. The van der Waals surface area contributed by atoms with E-state index in [-0.39, 0.29) is 0 Å². The topological polar surface area (TPSA) is 46.5 Å². The zero-order valence-corrected chi connectivity index (χ0v) is 10.5. The van der Waals surface area contributed by atoms with Crippen LogP contribution in [0.3, 0.4) is 0 Å². The van der Waals surface area contributed by atoms with Gasteiger partial charge in [-0.3, -0.25) is 0 Å². The Morgan fingerprint density at radius 2 is 1.73 bits per heavy atom. The van der Waals surface area contributed by atoms with Gasteiger partial charge in [0.1, 0.15) is 5.60 Å². The molecule has 0 aliphatic carbocycles. The Hall–Kier alpha value is -0.830. The lowest BCUT2D eigenvalue weighted by Gasteiger charge is -2.36. The van der Waals surface area contributed by atoms with Crippen molar-refractivity contribution >= 4 is 5.97 Å². The van der Waals surface area contributed by atoms with E-state index in [0.717, 1.165) is 0 Å². The molecule has 0 bridgehead atoms. The molecule has 0 amide bonds. The number of ether oxygens (including phenoxy) is 1. The summed E-state index contributed by atoms with van der Waals surface area (Å²) in [5.41, 5.74) is -1.96. The van der Waals surface area contributed by atoms with E-state index in [1.807, 2.05) is 13.8 Å². The normalized spacial score (nSPS) is 13.6. The molecule has 0 aromatic carbocycles. The highest BCUT2D eigenvalue weighted by molar-refractivity contribution is 5.82. The van der Waals surface area contributed by atoms with Crippen molar-refractivity contribution in [2.45, 2.75) is 52.7 Å². The second-order valence-corrected chi connectivity index (χ2v) is 5.09. The summed E-state index contributed by atoms with van der Waals surface area (Å²) in [7, 11) is 0.